The van der Waals surface area contributed by atoms with Crippen LogP contribution in [0.25, 0.3) is 0 Å². The van der Waals surface area contributed by atoms with Crippen LogP contribution in [-0.2, 0) is 0 Å². The van der Waals surface area contributed by atoms with E-state index in [0.717, 1.165) is 13.1 Å². The Labute approximate surface area is 116 Å². The smallest absolute Gasteiger partial charge is 0.190 e. The van der Waals surface area contributed by atoms with Crippen LogP contribution in [0.1, 0.15) is 25.5 Å². The maximum absolute atomic E-state index is 5.88. The van der Waals surface area contributed by atoms with E-state index in [1.54, 1.807) is 0 Å². The van der Waals surface area contributed by atoms with Crippen molar-refractivity contribution in [3.05, 3.63) is 35.9 Å². The molecule has 1 atom stereocenters. The molecule has 1 aromatic rings. The third-order valence-electron chi connectivity index (χ3n) is 3.32. The first-order valence-corrected chi connectivity index (χ1v) is 6.86. The molecule has 0 radical (unpaired) electrons. The normalized spacial score (nSPS) is 13.6. The SMILES string of the molecule is CCN(CC)[C@@H](CN=C(N)N(C)C)c1ccccc1. The predicted molar refractivity (Wildman–Crippen MR) is 82.3 cm³/mol. The fourth-order valence-electron chi connectivity index (χ4n) is 2.09. The van der Waals surface area contributed by atoms with Crippen molar-refractivity contribution in [2.45, 2.75) is 19.9 Å². The molecule has 0 bridgehead atoms. The van der Waals surface area contributed by atoms with Gasteiger partial charge >= 0.3 is 0 Å². The summed E-state index contributed by atoms with van der Waals surface area (Å²) < 4.78 is 0. The van der Waals surface area contributed by atoms with Gasteiger partial charge in [-0.05, 0) is 18.7 Å². The molecule has 0 saturated carbocycles. The number of hydrogen-bond acceptors (Lipinski definition) is 2. The molecular formula is C15H26N4. The van der Waals surface area contributed by atoms with Gasteiger partial charge < -0.3 is 10.6 Å². The molecule has 19 heavy (non-hydrogen) atoms. The fraction of sp³-hybridized carbons (Fsp3) is 0.533. The number of aliphatic imine (C=N–C) groups is 1. The number of benzene rings is 1. The van der Waals surface area contributed by atoms with Crippen molar-refractivity contribution >= 4 is 5.96 Å². The molecule has 0 aliphatic carbocycles. The van der Waals surface area contributed by atoms with Crippen LogP contribution in [0, 0.1) is 0 Å². The highest BCUT2D eigenvalue weighted by Gasteiger charge is 2.17. The first kappa shape index (κ1) is 15.5. The molecule has 4 heteroatoms. The molecule has 0 saturated heterocycles. The van der Waals surface area contributed by atoms with Crippen molar-refractivity contribution in [1.29, 1.82) is 0 Å². The van der Waals surface area contributed by atoms with Crippen LogP contribution >= 0.6 is 0 Å². The number of hydrogen-bond donors (Lipinski definition) is 1. The summed E-state index contributed by atoms with van der Waals surface area (Å²) in [7, 11) is 3.82. The summed E-state index contributed by atoms with van der Waals surface area (Å²) in [5.74, 6) is 0.577. The maximum Gasteiger partial charge on any atom is 0.190 e. The minimum absolute atomic E-state index is 0.287. The molecule has 1 aromatic carbocycles. The fourth-order valence-corrected chi connectivity index (χ4v) is 2.09. The first-order chi connectivity index (χ1) is 9.10. The minimum atomic E-state index is 0.287. The average Bonchev–Trinajstić information content (AvgIpc) is 2.43. The summed E-state index contributed by atoms with van der Waals surface area (Å²) in [6.45, 7) is 7.06. The van der Waals surface area contributed by atoms with E-state index in [4.69, 9.17) is 5.73 Å². The van der Waals surface area contributed by atoms with Crippen LogP contribution in [0.4, 0.5) is 0 Å². The zero-order valence-electron chi connectivity index (χ0n) is 12.5. The molecule has 0 spiro atoms. The number of nitrogens with zero attached hydrogens (tertiary/aromatic N) is 3. The Morgan fingerprint density at radius 2 is 1.74 bits per heavy atom. The van der Waals surface area contributed by atoms with Gasteiger partial charge in [0.15, 0.2) is 5.96 Å². The van der Waals surface area contributed by atoms with Gasteiger partial charge in [0, 0.05) is 14.1 Å². The zero-order chi connectivity index (χ0) is 14.3. The maximum atomic E-state index is 5.88. The lowest BCUT2D eigenvalue weighted by molar-refractivity contribution is 0.224. The standard InChI is InChI=1S/C15H26N4/c1-5-19(6-2)14(12-17-15(16)18(3)4)13-10-8-7-9-11-13/h7-11,14H,5-6,12H2,1-4H3,(H2,16,17)/t14-/m0/s1. The molecule has 0 fully saturated rings. The summed E-state index contributed by atoms with van der Waals surface area (Å²) in [4.78, 5) is 8.74. The monoisotopic (exact) mass is 262 g/mol. The minimum Gasteiger partial charge on any atom is -0.370 e. The Bertz CT molecular complexity index is 382. The largest absolute Gasteiger partial charge is 0.370 e. The van der Waals surface area contributed by atoms with Crippen LogP contribution in [0.3, 0.4) is 0 Å². The number of nitrogens with two attached hydrogens (primary N) is 1. The third-order valence-corrected chi connectivity index (χ3v) is 3.32. The van der Waals surface area contributed by atoms with Crippen LogP contribution in [0.5, 0.6) is 0 Å². The van der Waals surface area contributed by atoms with Crippen LogP contribution in [-0.4, -0.2) is 49.5 Å². The lowest BCUT2D eigenvalue weighted by atomic mass is 10.1. The highest BCUT2D eigenvalue weighted by atomic mass is 15.2. The van der Waals surface area contributed by atoms with Gasteiger partial charge in [-0.15, -0.1) is 0 Å². The molecule has 0 unspecified atom stereocenters. The van der Waals surface area contributed by atoms with Gasteiger partial charge in [0.1, 0.15) is 0 Å². The van der Waals surface area contributed by atoms with Crippen LogP contribution in [0.15, 0.2) is 35.3 Å². The quantitative estimate of drug-likeness (QED) is 0.629. The summed E-state index contributed by atoms with van der Waals surface area (Å²) >= 11 is 0. The van der Waals surface area contributed by atoms with Crippen molar-refractivity contribution in [1.82, 2.24) is 9.80 Å². The molecule has 106 valence electrons. The lowest BCUT2D eigenvalue weighted by Gasteiger charge is -2.29. The Balaban J connectivity index is 2.91. The van der Waals surface area contributed by atoms with Crippen molar-refractivity contribution in [2.75, 3.05) is 33.7 Å². The second kappa shape index (κ2) is 7.79. The van der Waals surface area contributed by atoms with Gasteiger partial charge in [-0.3, -0.25) is 9.89 Å². The van der Waals surface area contributed by atoms with Crippen molar-refractivity contribution < 1.29 is 0 Å². The summed E-state index contributed by atoms with van der Waals surface area (Å²) in [5.41, 5.74) is 7.18. The summed E-state index contributed by atoms with van der Waals surface area (Å²) in [6.07, 6.45) is 0. The topological polar surface area (TPSA) is 44.9 Å². The summed E-state index contributed by atoms with van der Waals surface area (Å²) in [6, 6.07) is 10.8. The van der Waals surface area contributed by atoms with E-state index in [1.165, 1.54) is 5.56 Å². The highest BCUT2D eigenvalue weighted by Crippen LogP contribution is 2.20. The predicted octanol–water partition coefficient (Wildman–Crippen LogP) is 1.95. The molecule has 0 amide bonds. The van der Waals surface area contributed by atoms with E-state index >= 15 is 0 Å². The molecule has 0 aliphatic rings. The lowest BCUT2D eigenvalue weighted by Crippen LogP contribution is -2.34. The van der Waals surface area contributed by atoms with Gasteiger partial charge in [-0.1, -0.05) is 44.2 Å². The Kier molecular flexibility index (Phi) is 6.36. The number of rotatable bonds is 6. The van der Waals surface area contributed by atoms with E-state index in [-0.39, 0.29) is 6.04 Å². The molecule has 0 heterocycles. The van der Waals surface area contributed by atoms with E-state index in [9.17, 15) is 0 Å². The zero-order valence-corrected chi connectivity index (χ0v) is 12.5. The number of likely N-dealkylation sites (N-methyl/N-ethyl adjacent to an activating group) is 1. The second-order valence-electron chi connectivity index (χ2n) is 4.74. The molecule has 2 N–H and O–H groups in total. The van der Waals surface area contributed by atoms with E-state index in [0.29, 0.717) is 12.5 Å². The third kappa shape index (κ3) is 4.56. The second-order valence-corrected chi connectivity index (χ2v) is 4.74. The Hall–Kier alpha value is -1.55. The van der Waals surface area contributed by atoms with Crippen molar-refractivity contribution in [2.24, 2.45) is 10.7 Å². The van der Waals surface area contributed by atoms with Gasteiger partial charge in [-0.2, -0.15) is 0 Å². The van der Waals surface area contributed by atoms with E-state index in [1.807, 2.05) is 25.1 Å². The van der Waals surface area contributed by atoms with Crippen LogP contribution < -0.4 is 5.73 Å². The van der Waals surface area contributed by atoms with E-state index in [2.05, 4.69) is 48.0 Å². The van der Waals surface area contributed by atoms with Crippen molar-refractivity contribution in [3.63, 3.8) is 0 Å². The molecule has 0 aliphatic heterocycles. The molecule has 4 nitrogen and oxygen atoms in total. The average molecular weight is 262 g/mol. The Morgan fingerprint density at radius 3 is 2.21 bits per heavy atom. The van der Waals surface area contributed by atoms with Gasteiger partial charge in [0.2, 0.25) is 0 Å². The van der Waals surface area contributed by atoms with E-state index < -0.39 is 0 Å². The molecular weight excluding hydrogens is 236 g/mol. The van der Waals surface area contributed by atoms with Crippen molar-refractivity contribution in [3.8, 4) is 0 Å². The highest BCUT2D eigenvalue weighted by molar-refractivity contribution is 5.77. The summed E-state index contributed by atoms with van der Waals surface area (Å²) in [5, 5.41) is 0. The van der Waals surface area contributed by atoms with Crippen LogP contribution in [0.2, 0.25) is 0 Å². The first-order valence-electron chi connectivity index (χ1n) is 6.86. The van der Waals surface area contributed by atoms with Gasteiger partial charge in [-0.25, -0.2) is 0 Å². The number of guanidine groups is 1. The molecule has 0 aromatic heterocycles. The van der Waals surface area contributed by atoms with Gasteiger partial charge in [0.05, 0.1) is 12.6 Å². The molecule has 1 rings (SSSR count). The Morgan fingerprint density at radius 1 is 1.16 bits per heavy atom. The van der Waals surface area contributed by atoms with Gasteiger partial charge in [0.25, 0.3) is 0 Å².